The highest BCUT2D eigenvalue weighted by molar-refractivity contribution is 9.10. The molecular weight excluding hydrogens is 526 g/mol. The number of halogens is 1. The second-order valence-electron chi connectivity index (χ2n) is 8.22. The first-order valence-corrected chi connectivity index (χ1v) is 12.3. The number of thiocarbonyl (C=S) groups is 1. The summed E-state index contributed by atoms with van der Waals surface area (Å²) in [5.41, 5.74) is 3.79. The zero-order valence-corrected chi connectivity index (χ0v) is 21.9. The lowest BCUT2D eigenvalue weighted by Gasteiger charge is -2.27. The number of aromatic nitrogens is 1. The van der Waals surface area contributed by atoms with Crippen LogP contribution in [0, 0.1) is 6.92 Å². The Morgan fingerprint density at radius 3 is 2.60 bits per heavy atom. The van der Waals surface area contributed by atoms with Crippen LogP contribution in [0.2, 0.25) is 0 Å². The fourth-order valence-electron chi connectivity index (χ4n) is 4.36. The molecule has 1 aliphatic heterocycles. The van der Waals surface area contributed by atoms with Crippen LogP contribution >= 0.6 is 28.1 Å². The number of nitrogens with one attached hydrogen (secondary N) is 1. The van der Waals surface area contributed by atoms with Gasteiger partial charge in [-0.25, -0.2) is 0 Å². The molecule has 0 amide bonds. The molecule has 0 saturated carbocycles. The Bertz CT molecular complexity index is 1380. The van der Waals surface area contributed by atoms with Crippen LogP contribution in [0.5, 0.6) is 11.5 Å². The molecule has 0 bridgehead atoms. The summed E-state index contributed by atoms with van der Waals surface area (Å²) in [5, 5.41) is 4.00. The van der Waals surface area contributed by atoms with Crippen LogP contribution in [0.4, 0.5) is 5.69 Å². The average molecular weight is 550 g/mol. The molecular formula is C27H24BrN3O3S. The van der Waals surface area contributed by atoms with Gasteiger partial charge in [0.15, 0.2) is 5.11 Å². The molecule has 2 atom stereocenters. The number of pyridine rings is 1. The molecule has 1 saturated heterocycles. The number of ether oxygens (including phenoxy) is 2. The maximum Gasteiger partial charge on any atom is 0.174 e. The number of furan rings is 1. The Labute approximate surface area is 218 Å². The lowest BCUT2D eigenvalue weighted by atomic mass is 10.0. The van der Waals surface area contributed by atoms with E-state index >= 15 is 0 Å². The summed E-state index contributed by atoms with van der Waals surface area (Å²) in [4.78, 5) is 6.63. The van der Waals surface area contributed by atoms with Crippen molar-refractivity contribution in [3.63, 3.8) is 0 Å². The third kappa shape index (κ3) is 4.39. The molecule has 4 aromatic rings. The molecule has 0 spiro atoms. The number of benzene rings is 2. The van der Waals surface area contributed by atoms with E-state index in [0.29, 0.717) is 16.6 Å². The van der Waals surface area contributed by atoms with Crippen molar-refractivity contribution in [2.45, 2.75) is 19.0 Å². The second kappa shape index (κ2) is 9.71. The van der Waals surface area contributed by atoms with Crippen molar-refractivity contribution < 1.29 is 13.9 Å². The van der Waals surface area contributed by atoms with Crippen molar-refractivity contribution in [2.75, 3.05) is 19.1 Å². The van der Waals surface area contributed by atoms with Gasteiger partial charge in [-0.3, -0.25) is 4.98 Å². The van der Waals surface area contributed by atoms with Crippen molar-refractivity contribution in [3.8, 4) is 22.8 Å². The number of anilines is 1. The number of hydrogen-bond donors (Lipinski definition) is 1. The maximum atomic E-state index is 6.49. The summed E-state index contributed by atoms with van der Waals surface area (Å²) in [6.45, 7) is 2.06. The molecule has 1 N–H and O–H groups in total. The van der Waals surface area contributed by atoms with Crippen molar-refractivity contribution in [1.82, 2.24) is 10.3 Å². The summed E-state index contributed by atoms with van der Waals surface area (Å²) in [5.74, 6) is 2.89. The number of methoxy groups -OCH3 is 2. The predicted molar refractivity (Wildman–Crippen MR) is 144 cm³/mol. The van der Waals surface area contributed by atoms with Gasteiger partial charge in [0, 0.05) is 22.3 Å². The van der Waals surface area contributed by atoms with Crippen molar-refractivity contribution >= 4 is 38.9 Å². The van der Waals surface area contributed by atoms with Gasteiger partial charge in [-0.05, 0) is 73.2 Å². The fraction of sp³-hybridized carbons (Fsp3) is 0.185. The van der Waals surface area contributed by atoms with Crippen LogP contribution in [0.1, 0.15) is 29.1 Å². The quantitative estimate of drug-likeness (QED) is 0.271. The average Bonchev–Trinajstić information content (AvgIpc) is 3.48. The first-order chi connectivity index (χ1) is 17.0. The maximum absolute atomic E-state index is 6.49. The zero-order valence-electron chi connectivity index (χ0n) is 19.5. The van der Waals surface area contributed by atoms with Gasteiger partial charge in [-0.15, -0.1) is 0 Å². The van der Waals surface area contributed by atoms with E-state index in [1.165, 1.54) is 5.56 Å². The monoisotopic (exact) mass is 549 g/mol. The van der Waals surface area contributed by atoms with E-state index in [4.69, 9.17) is 26.1 Å². The van der Waals surface area contributed by atoms with Gasteiger partial charge in [0.2, 0.25) is 0 Å². The van der Waals surface area contributed by atoms with E-state index in [1.54, 1.807) is 20.4 Å². The molecule has 1 fully saturated rings. The predicted octanol–water partition coefficient (Wildman–Crippen LogP) is 6.61. The van der Waals surface area contributed by atoms with Gasteiger partial charge < -0.3 is 24.1 Å². The lowest BCUT2D eigenvalue weighted by molar-refractivity contribution is 0.400. The van der Waals surface area contributed by atoms with Crippen LogP contribution in [-0.2, 0) is 0 Å². The van der Waals surface area contributed by atoms with E-state index in [2.05, 4.69) is 51.4 Å². The summed E-state index contributed by atoms with van der Waals surface area (Å²) >= 11 is 9.51. The largest absolute Gasteiger partial charge is 0.497 e. The van der Waals surface area contributed by atoms with Crippen molar-refractivity contribution in [2.24, 2.45) is 0 Å². The molecule has 2 aromatic carbocycles. The minimum absolute atomic E-state index is 0.236. The van der Waals surface area contributed by atoms with Crippen LogP contribution in [0.25, 0.3) is 11.3 Å². The van der Waals surface area contributed by atoms with E-state index in [0.717, 1.165) is 32.9 Å². The van der Waals surface area contributed by atoms with E-state index in [1.807, 2.05) is 53.4 Å². The summed E-state index contributed by atoms with van der Waals surface area (Å²) in [7, 11) is 3.28. The van der Waals surface area contributed by atoms with Gasteiger partial charge in [-0.2, -0.15) is 0 Å². The molecule has 1 aliphatic rings. The van der Waals surface area contributed by atoms with Crippen LogP contribution < -0.4 is 19.7 Å². The molecule has 6 nitrogen and oxygen atoms in total. The highest BCUT2D eigenvalue weighted by Gasteiger charge is 2.43. The Morgan fingerprint density at radius 1 is 1.03 bits per heavy atom. The summed E-state index contributed by atoms with van der Waals surface area (Å²) in [6.07, 6.45) is 1.78. The third-order valence-electron chi connectivity index (χ3n) is 6.05. The van der Waals surface area contributed by atoms with Crippen LogP contribution in [0.15, 0.2) is 81.8 Å². The lowest BCUT2D eigenvalue weighted by Crippen LogP contribution is -2.29. The first kappa shape index (κ1) is 23.4. The zero-order chi connectivity index (χ0) is 24.5. The van der Waals surface area contributed by atoms with Crippen LogP contribution in [-0.4, -0.2) is 24.3 Å². The number of rotatable bonds is 6. The van der Waals surface area contributed by atoms with Gasteiger partial charge in [0.25, 0.3) is 0 Å². The van der Waals surface area contributed by atoms with Gasteiger partial charge in [0.1, 0.15) is 29.1 Å². The summed E-state index contributed by atoms with van der Waals surface area (Å²) in [6, 6.07) is 21.1. The third-order valence-corrected chi connectivity index (χ3v) is 7.02. The Morgan fingerprint density at radius 2 is 1.89 bits per heavy atom. The molecule has 2 aromatic heterocycles. The molecule has 0 radical (unpaired) electrons. The van der Waals surface area contributed by atoms with Gasteiger partial charge in [0.05, 0.1) is 31.6 Å². The molecule has 5 rings (SSSR count). The minimum atomic E-state index is -0.309. The molecule has 35 heavy (non-hydrogen) atoms. The molecule has 8 heteroatoms. The highest BCUT2D eigenvalue weighted by atomic mass is 79.9. The second-order valence-corrected chi connectivity index (χ2v) is 9.46. The molecule has 3 heterocycles. The fourth-order valence-corrected chi connectivity index (χ4v) is 5.39. The molecule has 0 aliphatic carbocycles. The molecule has 178 valence electrons. The van der Waals surface area contributed by atoms with Crippen LogP contribution in [0.3, 0.4) is 0 Å². The first-order valence-electron chi connectivity index (χ1n) is 11.1. The summed E-state index contributed by atoms with van der Waals surface area (Å²) < 4.78 is 18.7. The normalized spacial score (nSPS) is 17.4. The van der Waals surface area contributed by atoms with E-state index in [-0.39, 0.29) is 12.1 Å². The number of nitrogens with zero attached hydrogens (tertiary/aromatic N) is 2. The van der Waals surface area contributed by atoms with Gasteiger partial charge >= 0.3 is 0 Å². The Kier molecular flexibility index (Phi) is 6.49. The van der Waals surface area contributed by atoms with E-state index < -0.39 is 0 Å². The Balaban J connectivity index is 1.65. The smallest absolute Gasteiger partial charge is 0.174 e. The number of hydrogen-bond acceptors (Lipinski definition) is 5. The SMILES string of the molecule is COc1ccc(OC)c(N2C(=S)N[C@H](c3ccccn3)[C@H]2c2ccc(-c3ccc(C)cc3Br)o2)c1. The highest BCUT2D eigenvalue weighted by Crippen LogP contribution is 2.46. The van der Waals surface area contributed by atoms with Crippen molar-refractivity contribution in [3.05, 3.63) is 94.4 Å². The molecule has 0 unspecified atom stereocenters. The minimum Gasteiger partial charge on any atom is -0.497 e. The topological polar surface area (TPSA) is 59.8 Å². The number of aryl methyl sites for hydroxylation is 1. The van der Waals surface area contributed by atoms with E-state index in [9.17, 15) is 0 Å². The van der Waals surface area contributed by atoms with Gasteiger partial charge in [-0.1, -0.05) is 28.1 Å². The Hall–Kier alpha value is -3.36. The standard InChI is InChI=1S/C27H24BrN3O3S/c1-16-7-9-18(19(28)14-16)22-11-12-24(34-22)26-25(20-6-4-5-13-29-20)30-27(35)31(26)21-15-17(32-2)8-10-23(21)33-3/h4-15,25-26H,1-3H3,(H,30,35)/t25-,26-/m1/s1. The van der Waals surface area contributed by atoms with Crippen molar-refractivity contribution in [1.29, 1.82) is 0 Å².